The molecule has 0 rings (SSSR count). The zero-order chi connectivity index (χ0) is 11.7. The van der Waals surface area contributed by atoms with Gasteiger partial charge < -0.3 is 0 Å². The molecule has 0 spiro atoms. The lowest BCUT2D eigenvalue weighted by Crippen LogP contribution is -1.95. The van der Waals surface area contributed by atoms with Crippen LogP contribution in [0.5, 0.6) is 0 Å². The Kier molecular flexibility index (Phi) is 8.46. The molecule has 0 bridgehead atoms. The molecule has 0 fully saturated rings. The minimum Gasteiger partial charge on any atom is -0.0847 e. The molecule has 0 N–H and O–H groups in total. The molecule has 0 saturated heterocycles. The van der Waals surface area contributed by atoms with Crippen molar-refractivity contribution in [2.24, 2.45) is 11.8 Å². The summed E-state index contributed by atoms with van der Waals surface area (Å²) in [6, 6.07) is 0. The van der Waals surface area contributed by atoms with Gasteiger partial charge in [0.2, 0.25) is 0 Å². The monoisotopic (exact) mass is 208 g/mol. The van der Waals surface area contributed by atoms with E-state index in [9.17, 15) is 0 Å². The van der Waals surface area contributed by atoms with Crippen molar-refractivity contribution in [3.63, 3.8) is 0 Å². The van der Waals surface area contributed by atoms with Gasteiger partial charge in [0, 0.05) is 0 Å². The molecule has 1 atom stereocenters. The van der Waals surface area contributed by atoms with E-state index >= 15 is 0 Å². The van der Waals surface area contributed by atoms with E-state index < -0.39 is 0 Å². The van der Waals surface area contributed by atoms with Crippen LogP contribution in [0.15, 0.2) is 23.8 Å². The molecule has 0 heterocycles. The average molecular weight is 208 g/mol. The molecule has 0 saturated carbocycles. The molecule has 0 aromatic rings. The van der Waals surface area contributed by atoms with E-state index in [2.05, 4.69) is 52.8 Å². The van der Waals surface area contributed by atoms with E-state index in [0.717, 1.165) is 11.8 Å². The van der Waals surface area contributed by atoms with Crippen LogP contribution in [-0.4, -0.2) is 0 Å². The van der Waals surface area contributed by atoms with Crippen molar-refractivity contribution in [3.8, 4) is 0 Å². The first-order valence-corrected chi connectivity index (χ1v) is 6.35. The third-order valence-electron chi connectivity index (χ3n) is 2.85. The van der Waals surface area contributed by atoms with Gasteiger partial charge in [-0.25, -0.2) is 0 Å². The van der Waals surface area contributed by atoms with Crippen LogP contribution in [0.4, 0.5) is 0 Å². The van der Waals surface area contributed by atoms with Gasteiger partial charge in [-0.05, 0) is 32.1 Å². The summed E-state index contributed by atoms with van der Waals surface area (Å²) in [5.74, 6) is 1.70. The molecule has 0 nitrogen and oxygen atoms in total. The van der Waals surface area contributed by atoms with Gasteiger partial charge in [0.25, 0.3) is 0 Å². The highest BCUT2D eigenvalue weighted by atomic mass is 14.1. The maximum Gasteiger partial charge on any atom is -0.0322 e. The Morgan fingerprint density at radius 3 is 2.33 bits per heavy atom. The molecule has 0 heteroatoms. The maximum atomic E-state index is 2.36. The molecule has 0 aromatic carbocycles. The van der Waals surface area contributed by atoms with Gasteiger partial charge in [0.05, 0.1) is 0 Å². The van der Waals surface area contributed by atoms with Crippen molar-refractivity contribution < 1.29 is 0 Å². The van der Waals surface area contributed by atoms with Gasteiger partial charge in [0.1, 0.15) is 0 Å². The van der Waals surface area contributed by atoms with Crippen molar-refractivity contribution in [1.29, 1.82) is 0 Å². The topological polar surface area (TPSA) is 0 Å². The number of rotatable bonds is 7. The molecule has 88 valence electrons. The Bertz CT molecular complexity index is 196. The standard InChI is InChI=1S/C15H28/c1-6-14(4)10-8-12-15(5)11-7-9-13(2)3/h6,8,10,13,15H,7,9,11-12H2,1-5H3/b10-8?,14-6+. The van der Waals surface area contributed by atoms with E-state index in [1.54, 1.807) is 0 Å². The molecule has 0 aliphatic carbocycles. The molecule has 0 amide bonds. The van der Waals surface area contributed by atoms with Gasteiger partial charge in [-0.3, -0.25) is 0 Å². The SMILES string of the molecule is C/C=C(\C)C=CCC(C)CCCC(C)C. The Labute approximate surface area is 96.5 Å². The van der Waals surface area contributed by atoms with Gasteiger partial charge in [-0.1, -0.05) is 63.8 Å². The molecule has 15 heavy (non-hydrogen) atoms. The number of hydrogen-bond donors (Lipinski definition) is 0. The highest BCUT2D eigenvalue weighted by Gasteiger charge is 2.00. The molecule has 0 aliphatic heterocycles. The second-order valence-electron chi connectivity index (χ2n) is 5.10. The molecular weight excluding hydrogens is 180 g/mol. The highest BCUT2D eigenvalue weighted by Crippen LogP contribution is 2.15. The molecule has 0 radical (unpaired) electrons. The Morgan fingerprint density at radius 1 is 1.13 bits per heavy atom. The van der Waals surface area contributed by atoms with E-state index in [-0.39, 0.29) is 0 Å². The summed E-state index contributed by atoms with van der Waals surface area (Å²) in [6.45, 7) is 11.2. The summed E-state index contributed by atoms with van der Waals surface area (Å²) in [6.07, 6.45) is 12.1. The predicted octanol–water partition coefficient (Wildman–Crippen LogP) is 5.36. The fourth-order valence-electron chi connectivity index (χ4n) is 1.57. The quantitative estimate of drug-likeness (QED) is 0.494. The van der Waals surface area contributed by atoms with Crippen molar-refractivity contribution in [2.45, 2.75) is 60.3 Å². The van der Waals surface area contributed by atoms with E-state index in [1.165, 1.54) is 31.3 Å². The zero-order valence-corrected chi connectivity index (χ0v) is 11.2. The summed E-state index contributed by atoms with van der Waals surface area (Å²) in [7, 11) is 0. The average Bonchev–Trinajstić information content (AvgIpc) is 2.17. The van der Waals surface area contributed by atoms with Gasteiger partial charge >= 0.3 is 0 Å². The lowest BCUT2D eigenvalue weighted by molar-refractivity contribution is 0.461. The van der Waals surface area contributed by atoms with Crippen LogP contribution in [0.1, 0.15) is 60.3 Å². The van der Waals surface area contributed by atoms with Crippen LogP contribution in [0.2, 0.25) is 0 Å². The van der Waals surface area contributed by atoms with Crippen molar-refractivity contribution in [1.82, 2.24) is 0 Å². The Hall–Kier alpha value is -0.520. The number of hydrogen-bond acceptors (Lipinski definition) is 0. The summed E-state index contributed by atoms with van der Waals surface area (Å²) in [4.78, 5) is 0. The van der Waals surface area contributed by atoms with E-state index in [4.69, 9.17) is 0 Å². The van der Waals surface area contributed by atoms with Gasteiger partial charge in [-0.2, -0.15) is 0 Å². The van der Waals surface area contributed by atoms with Crippen LogP contribution >= 0.6 is 0 Å². The van der Waals surface area contributed by atoms with E-state index in [0.29, 0.717) is 0 Å². The van der Waals surface area contributed by atoms with Crippen molar-refractivity contribution in [3.05, 3.63) is 23.8 Å². The lowest BCUT2D eigenvalue weighted by atomic mass is 9.97. The fourth-order valence-corrected chi connectivity index (χ4v) is 1.57. The second kappa shape index (κ2) is 8.76. The van der Waals surface area contributed by atoms with Gasteiger partial charge in [0.15, 0.2) is 0 Å². The zero-order valence-electron chi connectivity index (χ0n) is 11.2. The summed E-state index contributed by atoms with van der Waals surface area (Å²) >= 11 is 0. The van der Waals surface area contributed by atoms with Crippen LogP contribution in [0, 0.1) is 11.8 Å². The van der Waals surface area contributed by atoms with Crippen LogP contribution in [-0.2, 0) is 0 Å². The predicted molar refractivity (Wildman–Crippen MR) is 71.0 cm³/mol. The third kappa shape index (κ3) is 9.78. The Balaban J connectivity index is 3.57. The lowest BCUT2D eigenvalue weighted by Gasteiger charge is -2.09. The summed E-state index contributed by atoms with van der Waals surface area (Å²) < 4.78 is 0. The third-order valence-corrected chi connectivity index (χ3v) is 2.85. The van der Waals surface area contributed by atoms with E-state index in [1.807, 2.05) is 0 Å². The maximum absolute atomic E-state index is 2.36. The molecule has 0 aromatic heterocycles. The minimum atomic E-state index is 0.838. The largest absolute Gasteiger partial charge is 0.0847 e. The summed E-state index contributed by atoms with van der Waals surface area (Å²) in [5, 5.41) is 0. The highest BCUT2D eigenvalue weighted by molar-refractivity contribution is 5.14. The normalized spacial score (nSPS) is 15.2. The molecule has 0 aliphatic rings. The smallest absolute Gasteiger partial charge is 0.0322 e. The summed E-state index contributed by atoms with van der Waals surface area (Å²) in [5.41, 5.74) is 1.37. The number of allylic oxidation sites excluding steroid dienone is 4. The first kappa shape index (κ1) is 14.5. The minimum absolute atomic E-state index is 0.838. The second-order valence-corrected chi connectivity index (χ2v) is 5.10. The first-order valence-electron chi connectivity index (χ1n) is 6.35. The molecule has 1 unspecified atom stereocenters. The van der Waals surface area contributed by atoms with Crippen LogP contribution < -0.4 is 0 Å². The van der Waals surface area contributed by atoms with Gasteiger partial charge in [-0.15, -0.1) is 0 Å². The first-order chi connectivity index (χ1) is 7.06. The van der Waals surface area contributed by atoms with Crippen molar-refractivity contribution in [2.75, 3.05) is 0 Å². The van der Waals surface area contributed by atoms with Crippen molar-refractivity contribution >= 4 is 0 Å². The fraction of sp³-hybridized carbons (Fsp3) is 0.733. The molecular formula is C15H28. The Morgan fingerprint density at radius 2 is 1.80 bits per heavy atom. The van der Waals surface area contributed by atoms with Crippen LogP contribution in [0.3, 0.4) is 0 Å². The van der Waals surface area contributed by atoms with Crippen LogP contribution in [0.25, 0.3) is 0 Å².